The summed E-state index contributed by atoms with van der Waals surface area (Å²) in [7, 11) is 0. The summed E-state index contributed by atoms with van der Waals surface area (Å²) in [5.41, 5.74) is 0. The van der Waals surface area contributed by atoms with E-state index in [-0.39, 0.29) is 13.0 Å². The highest BCUT2D eigenvalue weighted by atomic mass is 35.5. The van der Waals surface area contributed by atoms with Gasteiger partial charge in [0.15, 0.2) is 0 Å². The maximum atomic E-state index is 12.4. The van der Waals surface area contributed by atoms with Crippen LogP contribution in [0.1, 0.15) is 19.3 Å². The van der Waals surface area contributed by atoms with Crippen LogP contribution in [0, 0.1) is 5.92 Å². The van der Waals surface area contributed by atoms with Crippen molar-refractivity contribution in [1.29, 1.82) is 0 Å². The minimum Gasteiger partial charge on any atom is -0.303 e. The van der Waals surface area contributed by atoms with Gasteiger partial charge in [0.25, 0.3) is 0 Å². The van der Waals surface area contributed by atoms with Crippen LogP contribution in [0.15, 0.2) is 0 Å². The standard InChI is InChI=1S/C9H15ClF3N/c10-4-2-6-14-5-1-3-8(7-14)9(11,12)13/h8H,1-7H2. The van der Waals surface area contributed by atoms with Gasteiger partial charge in [-0.25, -0.2) is 0 Å². The summed E-state index contributed by atoms with van der Waals surface area (Å²) in [4.78, 5) is 1.87. The molecule has 1 nitrogen and oxygen atoms in total. The fraction of sp³-hybridized carbons (Fsp3) is 1.00. The second-order valence-corrected chi connectivity index (χ2v) is 4.10. The minimum absolute atomic E-state index is 0.153. The first kappa shape index (κ1) is 12.1. The Hall–Kier alpha value is 0.0400. The normalized spacial score (nSPS) is 25.3. The molecule has 1 unspecified atom stereocenters. The van der Waals surface area contributed by atoms with Crippen LogP contribution >= 0.6 is 11.6 Å². The van der Waals surface area contributed by atoms with Crippen LogP contribution in [0.3, 0.4) is 0 Å². The molecule has 1 aliphatic heterocycles. The summed E-state index contributed by atoms with van der Waals surface area (Å²) in [5, 5.41) is 0. The van der Waals surface area contributed by atoms with Crippen molar-refractivity contribution in [3.8, 4) is 0 Å². The van der Waals surface area contributed by atoms with E-state index < -0.39 is 12.1 Å². The molecule has 0 aromatic carbocycles. The van der Waals surface area contributed by atoms with Gasteiger partial charge in [-0.2, -0.15) is 13.2 Å². The van der Waals surface area contributed by atoms with E-state index >= 15 is 0 Å². The molecule has 0 aliphatic carbocycles. The summed E-state index contributed by atoms with van der Waals surface area (Å²) < 4.78 is 37.2. The lowest BCUT2D eigenvalue weighted by molar-refractivity contribution is -0.186. The van der Waals surface area contributed by atoms with Crippen LogP contribution < -0.4 is 0 Å². The second-order valence-electron chi connectivity index (χ2n) is 3.72. The monoisotopic (exact) mass is 229 g/mol. The number of likely N-dealkylation sites (tertiary alicyclic amines) is 1. The van der Waals surface area contributed by atoms with Crippen molar-refractivity contribution in [2.45, 2.75) is 25.4 Å². The van der Waals surface area contributed by atoms with Gasteiger partial charge in [-0.1, -0.05) is 0 Å². The van der Waals surface area contributed by atoms with Crippen molar-refractivity contribution in [2.24, 2.45) is 5.92 Å². The molecule has 5 heteroatoms. The molecule has 84 valence electrons. The molecule has 1 saturated heterocycles. The van der Waals surface area contributed by atoms with E-state index in [1.807, 2.05) is 4.90 Å². The molecule has 1 atom stereocenters. The third-order valence-electron chi connectivity index (χ3n) is 2.58. The minimum atomic E-state index is -4.03. The third-order valence-corrected chi connectivity index (χ3v) is 2.84. The summed E-state index contributed by atoms with van der Waals surface area (Å²) in [6, 6.07) is 0. The van der Waals surface area contributed by atoms with Gasteiger partial charge in [0.1, 0.15) is 0 Å². The van der Waals surface area contributed by atoms with Crippen molar-refractivity contribution in [1.82, 2.24) is 4.90 Å². The molecule has 0 amide bonds. The van der Waals surface area contributed by atoms with Crippen LogP contribution in [0.2, 0.25) is 0 Å². The van der Waals surface area contributed by atoms with Crippen molar-refractivity contribution in [2.75, 3.05) is 25.5 Å². The third kappa shape index (κ3) is 3.65. The van der Waals surface area contributed by atoms with Crippen LogP contribution in [0.4, 0.5) is 13.2 Å². The Balaban J connectivity index is 2.36. The van der Waals surface area contributed by atoms with Gasteiger partial charge < -0.3 is 4.90 Å². The summed E-state index contributed by atoms with van der Waals surface area (Å²) in [5.74, 6) is -0.612. The number of piperidine rings is 1. The van der Waals surface area contributed by atoms with E-state index in [1.54, 1.807) is 0 Å². The topological polar surface area (TPSA) is 3.24 Å². The molecule has 0 radical (unpaired) electrons. The SMILES string of the molecule is FC(F)(F)C1CCCN(CCCCl)C1. The zero-order valence-electron chi connectivity index (χ0n) is 7.99. The fourth-order valence-corrected chi connectivity index (χ4v) is 1.93. The molecule has 1 aliphatic rings. The molecule has 0 bridgehead atoms. The van der Waals surface area contributed by atoms with E-state index in [0.717, 1.165) is 13.0 Å². The van der Waals surface area contributed by atoms with Crippen LogP contribution in [0.25, 0.3) is 0 Å². The molecule has 0 spiro atoms. The average Bonchev–Trinajstić information content (AvgIpc) is 2.14. The molecule has 0 aromatic heterocycles. The zero-order valence-corrected chi connectivity index (χ0v) is 8.74. The number of nitrogens with zero attached hydrogens (tertiary/aromatic N) is 1. The first-order valence-corrected chi connectivity index (χ1v) is 5.42. The van der Waals surface area contributed by atoms with Gasteiger partial charge in [0.05, 0.1) is 5.92 Å². The van der Waals surface area contributed by atoms with Crippen LogP contribution in [-0.4, -0.2) is 36.6 Å². The number of hydrogen-bond donors (Lipinski definition) is 0. The average molecular weight is 230 g/mol. The predicted molar refractivity (Wildman–Crippen MR) is 50.6 cm³/mol. The Morgan fingerprint density at radius 2 is 2.07 bits per heavy atom. The maximum absolute atomic E-state index is 12.4. The van der Waals surface area contributed by atoms with Gasteiger partial charge in [-0.05, 0) is 32.4 Å². The molecule has 0 aromatic rings. The molecule has 1 fully saturated rings. The largest absolute Gasteiger partial charge is 0.393 e. The zero-order chi connectivity index (χ0) is 10.6. The smallest absolute Gasteiger partial charge is 0.303 e. The lowest BCUT2D eigenvalue weighted by atomic mass is 9.97. The quantitative estimate of drug-likeness (QED) is 0.673. The van der Waals surface area contributed by atoms with E-state index in [9.17, 15) is 13.2 Å². The second kappa shape index (κ2) is 5.21. The molecule has 1 rings (SSSR count). The van der Waals surface area contributed by atoms with Crippen molar-refractivity contribution in [3.05, 3.63) is 0 Å². The molecule has 14 heavy (non-hydrogen) atoms. The van der Waals surface area contributed by atoms with Crippen LogP contribution in [0.5, 0.6) is 0 Å². The van der Waals surface area contributed by atoms with Crippen molar-refractivity contribution < 1.29 is 13.2 Å². The van der Waals surface area contributed by atoms with Crippen LogP contribution in [-0.2, 0) is 0 Å². The molecule has 1 heterocycles. The highest BCUT2D eigenvalue weighted by Crippen LogP contribution is 2.32. The first-order valence-electron chi connectivity index (χ1n) is 4.89. The Labute approximate surface area is 87.2 Å². The van der Waals surface area contributed by atoms with Crippen molar-refractivity contribution >= 4 is 11.6 Å². The van der Waals surface area contributed by atoms with E-state index in [2.05, 4.69) is 0 Å². The molecule has 0 N–H and O–H groups in total. The van der Waals surface area contributed by atoms with E-state index in [4.69, 9.17) is 11.6 Å². The van der Waals surface area contributed by atoms with Gasteiger partial charge in [-0.3, -0.25) is 0 Å². The van der Waals surface area contributed by atoms with E-state index in [1.165, 1.54) is 0 Å². The highest BCUT2D eigenvalue weighted by molar-refractivity contribution is 6.17. The van der Waals surface area contributed by atoms with Crippen molar-refractivity contribution in [3.63, 3.8) is 0 Å². The maximum Gasteiger partial charge on any atom is 0.393 e. The van der Waals surface area contributed by atoms with E-state index in [0.29, 0.717) is 18.8 Å². The van der Waals surface area contributed by atoms with Gasteiger partial charge >= 0.3 is 6.18 Å². The number of rotatable bonds is 3. The lowest BCUT2D eigenvalue weighted by Gasteiger charge is -2.33. The summed E-state index contributed by atoms with van der Waals surface area (Å²) in [6.45, 7) is 1.62. The Bertz CT molecular complexity index is 172. The number of halogens is 4. The predicted octanol–water partition coefficient (Wildman–Crippen LogP) is 2.89. The lowest BCUT2D eigenvalue weighted by Crippen LogP contribution is -2.42. The first-order chi connectivity index (χ1) is 6.54. The summed E-state index contributed by atoms with van der Waals surface area (Å²) >= 11 is 5.50. The Kier molecular flexibility index (Phi) is 4.51. The van der Waals surface area contributed by atoms with Gasteiger partial charge in [0.2, 0.25) is 0 Å². The molecular weight excluding hydrogens is 215 g/mol. The Morgan fingerprint density at radius 3 is 2.64 bits per heavy atom. The van der Waals surface area contributed by atoms with Gasteiger partial charge in [0, 0.05) is 12.4 Å². The molecular formula is C9H15ClF3N. The van der Waals surface area contributed by atoms with Gasteiger partial charge in [-0.15, -0.1) is 11.6 Å². The fourth-order valence-electron chi connectivity index (χ4n) is 1.81. The summed E-state index contributed by atoms with van der Waals surface area (Å²) in [6.07, 6.45) is -2.33. The highest BCUT2D eigenvalue weighted by Gasteiger charge is 2.41. The molecule has 0 saturated carbocycles. The number of alkyl halides is 4. The number of hydrogen-bond acceptors (Lipinski definition) is 1. The Morgan fingerprint density at radius 1 is 1.36 bits per heavy atom.